The van der Waals surface area contributed by atoms with Crippen LogP contribution in [0.1, 0.15) is 29.6 Å². The van der Waals surface area contributed by atoms with Crippen molar-refractivity contribution in [2.45, 2.75) is 19.3 Å². The summed E-state index contributed by atoms with van der Waals surface area (Å²) in [6, 6.07) is 3.64. The number of hydrogen-bond acceptors (Lipinski definition) is 4. The number of carbonyl (C=O) groups is 1. The molecule has 1 aliphatic heterocycles. The first kappa shape index (κ1) is 14.9. The lowest BCUT2D eigenvalue weighted by Gasteiger charge is -2.22. The maximum atomic E-state index is 12.4. The number of nitrogens with zero attached hydrogens (tertiary/aromatic N) is 3. The molecule has 1 aromatic heterocycles. The molecule has 5 heteroatoms. The van der Waals surface area contributed by atoms with Crippen LogP contribution in [-0.4, -0.2) is 60.0 Å². The zero-order chi connectivity index (χ0) is 14.2. The van der Waals surface area contributed by atoms with Crippen molar-refractivity contribution in [2.75, 3.05) is 39.3 Å². The molecule has 20 heavy (non-hydrogen) atoms. The number of hydrogen-bond donors (Lipinski definition) is 1. The van der Waals surface area contributed by atoms with Crippen LogP contribution in [0.2, 0.25) is 0 Å². The summed E-state index contributed by atoms with van der Waals surface area (Å²) in [5.41, 5.74) is 6.21. The van der Waals surface area contributed by atoms with Gasteiger partial charge in [-0.25, -0.2) is 0 Å². The quantitative estimate of drug-likeness (QED) is 0.814. The molecular weight excluding hydrogens is 252 g/mol. The van der Waals surface area contributed by atoms with E-state index in [9.17, 15) is 4.79 Å². The lowest BCUT2D eigenvalue weighted by molar-refractivity contribution is 0.0761. The SMILES string of the molecule is NCCCCN1CCCN(C(=O)c2cccnc2)CC1. The van der Waals surface area contributed by atoms with E-state index in [0.717, 1.165) is 58.5 Å². The van der Waals surface area contributed by atoms with Gasteiger partial charge < -0.3 is 15.5 Å². The molecule has 1 aromatic rings. The first-order valence-electron chi connectivity index (χ1n) is 7.43. The highest BCUT2D eigenvalue weighted by atomic mass is 16.2. The van der Waals surface area contributed by atoms with Gasteiger partial charge in [-0.15, -0.1) is 0 Å². The second kappa shape index (κ2) is 7.97. The molecule has 0 aromatic carbocycles. The second-order valence-electron chi connectivity index (χ2n) is 5.22. The fraction of sp³-hybridized carbons (Fsp3) is 0.600. The molecule has 1 amide bonds. The highest BCUT2D eigenvalue weighted by molar-refractivity contribution is 5.93. The Hall–Kier alpha value is -1.46. The Kier molecular flexibility index (Phi) is 5.95. The number of nitrogens with two attached hydrogens (primary N) is 1. The summed E-state index contributed by atoms with van der Waals surface area (Å²) < 4.78 is 0. The maximum Gasteiger partial charge on any atom is 0.255 e. The fourth-order valence-electron chi connectivity index (χ4n) is 2.55. The van der Waals surface area contributed by atoms with Gasteiger partial charge in [0, 0.05) is 32.0 Å². The van der Waals surface area contributed by atoms with Crippen LogP contribution in [-0.2, 0) is 0 Å². The van der Waals surface area contributed by atoms with E-state index in [-0.39, 0.29) is 5.91 Å². The number of carbonyl (C=O) groups excluding carboxylic acids is 1. The Balaban J connectivity index is 1.85. The number of unbranched alkanes of at least 4 members (excludes halogenated alkanes) is 1. The highest BCUT2D eigenvalue weighted by Gasteiger charge is 2.19. The predicted molar refractivity (Wildman–Crippen MR) is 79.5 cm³/mol. The van der Waals surface area contributed by atoms with Gasteiger partial charge in [0.2, 0.25) is 0 Å². The summed E-state index contributed by atoms with van der Waals surface area (Å²) in [5.74, 6) is 0.0990. The van der Waals surface area contributed by atoms with Gasteiger partial charge in [0.15, 0.2) is 0 Å². The maximum absolute atomic E-state index is 12.4. The van der Waals surface area contributed by atoms with E-state index in [1.165, 1.54) is 0 Å². The third kappa shape index (κ3) is 4.28. The van der Waals surface area contributed by atoms with Crippen molar-refractivity contribution in [1.82, 2.24) is 14.8 Å². The lowest BCUT2D eigenvalue weighted by atomic mass is 10.2. The molecule has 1 fully saturated rings. The van der Waals surface area contributed by atoms with Gasteiger partial charge >= 0.3 is 0 Å². The van der Waals surface area contributed by atoms with Crippen LogP contribution >= 0.6 is 0 Å². The number of aromatic nitrogens is 1. The first-order valence-corrected chi connectivity index (χ1v) is 7.43. The van der Waals surface area contributed by atoms with Gasteiger partial charge in [-0.05, 0) is 51.0 Å². The van der Waals surface area contributed by atoms with Crippen molar-refractivity contribution in [2.24, 2.45) is 5.73 Å². The fourth-order valence-corrected chi connectivity index (χ4v) is 2.55. The number of pyridine rings is 1. The summed E-state index contributed by atoms with van der Waals surface area (Å²) in [5, 5.41) is 0. The van der Waals surface area contributed by atoms with Gasteiger partial charge in [-0.3, -0.25) is 9.78 Å². The molecule has 0 saturated carbocycles. The Morgan fingerprint density at radius 1 is 1.25 bits per heavy atom. The van der Waals surface area contributed by atoms with Crippen LogP contribution in [0.5, 0.6) is 0 Å². The summed E-state index contributed by atoms with van der Waals surface area (Å²) in [7, 11) is 0. The minimum Gasteiger partial charge on any atom is -0.337 e. The highest BCUT2D eigenvalue weighted by Crippen LogP contribution is 2.09. The lowest BCUT2D eigenvalue weighted by Crippen LogP contribution is -2.35. The average Bonchev–Trinajstić information content (AvgIpc) is 2.73. The van der Waals surface area contributed by atoms with Crippen LogP contribution in [0, 0.1) is 0 Å². The van der Waals surface area contributed by atoms with Crippen molar-refractivity contribution in [3.05, 3.63) is 30.1 Å². The van der Waals surface area contributed by atoms with E-state index in [0.29, 0.717) is 5.56 Å². The summed E-state index contributed by atoms with van der Waals surface area (Å²) in [6.07, 6.45) is 6.60. The molecule has 2 N–H and O–H groups in total. The third-order valence-corrected chi connectivity index (χ3v) is 3.71. The molecular formula is C15H24N4O. The molecule has 2 heterocycles. The topological polar surface area (TPSA) is 62.5 Å². The van der Waals surface area contributed by atoms with E-state index in [2.05, 4.69) is 9.88 Å². The van der Waals surface area contributed by atoms with E-state index < -0.39 is 0 Å². The van der Waals surface area contributed by atoms with Gasteiger partial charge in [-0.1, -0.05) is 0 Å². The number of amides is 1. The minimum absolute atomic E-state index is 0.0990. The van der Waals surface area contributed by atoms with E-state index >= 15 is 0 Å². The number of rotatable bonds is 5. The largest absolute Gasteiger partial charge is 0.337 e. The summed E-state index contributed by atoms with van der Waals surface area (Å²) in [4.78, 5) is 20.8. The van der Waals surface area contributed by atoms with Crippen molar-refractivity contribution >= 4 is 5.91 Å². The molecule has 5 nitrogen and oxygen atoms in total. The Morgan fingerprint density at radius 3 is 2.90 bits per heavy atom. The van der Waals surface area contributed by atoms with Gasteiger partial charge in [0.1, 0.15) is 0 Å². The molecule has 1 saturated heterocycles. The molecule has 0 bridgehead atoms. The average molecular weight is 276 g/mol. The Bertz CT molecular complexity index is 410. The molecule has 0 unspecified atom stereocenters. The van der Waals surface area contributed by atoms with Gasteiger partial charge in [0.25, 0.3) is 5.91 Å². The van der Waals surface area contributed by atoms with Crippen LogP contribution in [0.15, 0.2) is 24.5 Å². The van der Waals surface area contributed by atoms with Crippen LogP contribution in [0.4, 0.5) is 0 Å². The van der Waals surface area contributed by atoms with Crippen molar-refractivity contribution in [3.8, 4) is 0 Å². The molecule has 0 radical (unpaired) electrons. The van der Waals surface area contributed by atoms with Crippen molar-refractivity contribution in [3.63, 3.8) is 0 Å². The Morgan fingerprint density at radius 2 is 2.15 bits per heavy atom. The first-order chi connectivity index (χ1) is 9.81. The van der Waals surface area contributed by atoms with E-state index in [4.69, 9.17) is 5.73 Å². The molecule has 1 aliphatic rings. The van der Waals surface area contributed by atoms with Gasteiger partial charge in [0.05, 0.1) is 5.56 Å². The second-order valence-corrected chi connectivity index (χ2v) is 5.22. The van der Waals surface area contributed by atoms with Crippen molar-refractivity contribution < 1.29 is 4.79 Å². The Labute approximate surface area is 120 Å². The van der Waals surface area contributed by atoms with E-state index in [1.54, 1.807) is 12.4 Å². The monoisotopic (exact) mass is 276 g/mol. The standard InChI is InChI=1S/C15H24N4O/c16-6-1-2-8-18-9-4-10-19(12-11-18)15(20)14-5-3-7-17-13-14/h3,5,7,13H,1-2,4,6,8-12,16H2. The van der Waals surface area contributed by atoms with Crippen LogP contribution < -0.4 is 5.73 Å². The third-order valence-electron chi connectivity index (χ3n) is 3.71. The molecule has 2 rings (SSSR count). The smallest absolute Gasteiger partial charge is 0.255 e. The molecule has 0 aliphatic carbocycles. The van der Waals surface area contributed by atoms with Crippen molar-refractivity contribution in [1.29, 1.82) is 0 Å². The zero-order valence-corrected chi connectivity index (χ0v) is 12.0. The molecule has 110 valence electrons. The normalized spacial score (nSPS) is 16.9. The summed E-state index contributed by atoms with van der Waals surface area (Å²) in [6.45, 7) is 5.51. The molecule has 0 atom stereocenters. The zero-order valence-electron chi connectivity index (χ0n) is 12.0. The van der Waals surface area contributed by atoms with E-state index in [1.807, 2.05) is 17.0 Å². The molecule has 0 spiro atoms. The minimum atomic E-state index is 0.0990. The van der Waals surface area contributed by atoms with Crippen LogP contribution in [0.25, 0.3) is 0 Å². The van der Waals surface area contributed by atoms with Gasteiger partial charge in [-0.2, -0.15) is 0 Å². The summed E-state index contributed by atoms with van der Waals surface area (Å²) >= 11 is 0. The van der Waals surface area contributed by atoms with Crippen LogP contribution in [0.3, 0.4) is 0 Å². The predicted octanol–water partition coefficient (Wildman–Crippen LogP) is 0.968.